The lowest BCUT2D eigenvalue weighted by atomic mass is 9.74. The zero-order valence-electron chi connectivity index (χ0n) is 26.0. The van der Waals surface area contributed by atoms with Crippen molar-refractivity contribution in [2.24, 2.45) is 11.8 Å². The van der Waals surface area contributed by atoms with Crippen LogP contribution in [0.4, 0.5) is 5.69 Å². The summed E-state index contributed by atoms with van der Waals surface area (Å²) in [6.45, 7) is 5.36. The minimum Gasteiger partial charge on any atom is -0.460 e. The van der Waals surface area contributed by atoms with Crippen LogP contribution in [0.1, 0.15) is 42.5 Å². The van der Waals surface area contributed by atoms with Crippen LogP contribution in [-0.2, 0) is 28.7 Å². The number of cyclic esters (lactones) is 1. The maximum absolute atomic E-state index is 15.2. The van der Waals surface area contributed by atoms with Gasteiger partial charge in [0.1, 0.15) is 29.8 Å². The van der Waals surface area contributed by atoms with Gasteiger partial charge in [0.25, 0.3) is 5.91 Å². The molecule has 4 aliphatic rings. The summed E-state index contributed by atoms with van der Waals surface area (Å²) < 4.78 is 13.0. The second kappa shape index (κ2) is 12.8. The molecule has 6 rings (SSSR count). The second-order valence-corrected chi connectivity index (χ2v) is 13.4. The van der Waals surface area contributed by atoms with Gasteiger partial charge >= 0.3 is 5.97 Å². The molecule has 0 radical (unpaired) electrons. The van der Waals surface area contributed by atoms with E-state index in [1.807, 2.05) is 62.4 Å². The van der Waals surface area contributed by atoms with E-state index in [2.05, 4.69) is 21.2 Å². The average Bonchev–Trinajstić information content (AvgIpc) is 3.63. The standard InChI is InChI=1S/C35H38BrN3O7/c1-20-13-14-21(2)25(16-20)38-15-9-5-8-12-27(41)37-18-22(3)45-34(44)28-29-32(42)39(26(19-40)23-10-6-4-7-11-23)31(33(38)43)35(29)17-24(36)30(28)46-35/h4-7,9-11,13-14,16-17,22,26,28-31,40H,8,12,15,18-19H2,1-3H3,(H,37,41)/b9-5-/t22-,26-,28+,29-,30+,31+,35-/m1/s1. The maximum Gasteiger partial charge on any atom is 0.313 e. The summed E-state index contributed by atoms with van der Waals surface area (Å²) in [5, 5.41) is 13.6. The summed E-state index contributed by atoms with van der Waals surface area (Å²) in [5.41, 5.74) is 1.61. The number of aliphatic hydroxyl groups excluding tert-OH is 1. The molecule has 2 aromatic rings. The van der Waals surface area contributed by atoms with Gasteiger partial charge in [-0.2, -0.15) is 0 Å². The van der Waals surface area contributed by atoms with Crippen LogP contribution in [0.3, 0.4) is 0 Å². The van der Waals surface area contributed by atoms with Crippen LogP contribution in [0.5, 0.6) is 0 Å². The fraction of sp³-hybridized carbons (Fsp3) is 0.429. The van der Waals surface area contributed by atoms with Crippen LogP contribution in [0.25, 0.3) is 0 Å². The first-order chi connectivity index (χ1) is 22.1. The van der Waals surface area contributed by atoms with E-state index in [-0.39, 0.29) is 25.4 Å². The molecular weight excluding hydrogens is 654 g/mol. The average molecular weight is 693 g/mol. The first-order valence-corrected chi connectivity index (χ1v) is 16.4. The molecule has 0 saturated carbocycles. The minimum atomic E-state index is -1.51. The van der Waals surface area contributed by atoms with E-state index >= 15 is 4.79 Å². The highest BCUT2D eigenvalue weighted by Gasteiger charge is 2.75. The van der Waals surface area contributed by atoms with Crippen molar-refractivity contribution in [3.05, 3.63) is 87.9 Å². The second-order valence-electron chi connectivity index (χ2n) is 12.5. The number of esters is 1. The number of allylic oxidation sites excluding steroid dienone is 1. The van der Waals surface area contributed by atoms with Crippen molar-refractivity contribution in [2.45, 2.75) is 63.5 Å². The normalized spacial score (nSPS) is 31.3. The maximum atomic E-state index is 15.2. The van der Waals surface area contributed by atoms with Gasteiger partial charge in [0.2, 0.25) is 11.8 Å². The Morgan fingerprint density at radius 2 is 1.83 bits per heavy atom. The number of nitrogens with one attached hydrogen (secondary N) is 1. The molecular formula is C35H38BrN3O7. The number of halogens is 1. The van der Waals surface area contributed by atoms with E-state index < -0.39 is 66.1 Å². The summed E-state index contributed by atoms with van der Waals surface area (Å²) in [5.74, 6) is -3.85. The number of ether oxygens (including phenoxy) is 2. The molecule has 10 nitrogen and oxygen atoms in total. The van der Waals surface area contributed by atoms with Crippen LogP contribution < -0.4 is 10.2 Å². The Kier molecular flexibility index (Phi) is 8.93. The zero-order valence-corrected chi connectivity index (χ0v) is 27.6. The number of benzene rings is 2. The molecule has 2 aromatic carbocycles. The molecule has 2 fully saturated rings. The predicted molar refractivity (Wildman–Crippen MR) is 174 cm³/mol. The molecule has 1 spiro atoms. The number of amides is 3. The van der Waals surface area contributed by atoms with Crippen molar-refractivity contribution in [1.82, 2.24) is 10.2 Å². The monoisotopic (exact) mass is 691 g/mol. The van der Waals surface area contributed by atoms with E-state index in [9.17, 15) is 19.5 Å². The molecule has 0 unspecified atom stereocenters. The Morgan fingerprint density at radius 3 is 2.57 bits per heavy atom. The third-order valence-electron chi connectivity index (χ3n) is 9.38. The highest BCUT2D eigenvalue weighted by atomic mass is 79.9. The van der Waals surface area contributed by atoms with Gasteiger partial charge in [0, 0.05) is 23.1 Å². The number of likely N-dealkylation sites (tertiary alicyclic amines) is 1. The van der Waals surface area contributed by atoms with Gasteiger partial charge in [0.05, 0.1) is 25.1 Å². The van der Waals surface area contributed by atoms with Gasteiger partial charge in [-0.05, 0) is 56.0 Å². The highest BCUT2D eigenvalue weighted by Crippen LogP contribution is 2.60. The van der Waals surface area contributed by atoms with Gasteiger partial charge in [-0.1, -0.05) is 70.5 Å². The van der Waals surface area contributed by atoms with Crippen LogP contribution >= 0.6 is 15.9 Å². The third kappa shape index (κ3) is 5.48. The topological polar surface area (TPSA) is 125 Å². The minimum absolute atomic E-state index is 0.113. The lowest BCUT2D eigenvalue weighted by molar-refractivity contribution is -0.159. The number of rotatable bonds is 4. The molecule has 3 amide bonds. The van der Waals surface area contributed by atoms with Crippen LogP contribution in [0.15, 0.2) is 71.2 Å². The molecule has 4 heterocycles. The molecule has 46 heavy (non-hydrogen) atoms. The SMILES string of the molecule is Cc1ccc(C)c(N2C/C=C\CCC(=O)NC[C@@H](C)OC(=O)[C@@H]3[C@H]4O[C@@]5(C=C4Br)[C@H](C2=O)N([C@H](CO)c2ccccc2)C(=O)[C@@H]35)c1. The van der Waals surface area contributed by atoms with E-state index in [1.54, 1.807) is 30.0 Å². The van der Waals surface area contributed by atoms with Gasteiger partial charge in [-0.3, -0.25) is 19.2 Å². The fourth-order valence-corrected chi connectivity index (χ4v) is 7.95. The van der Waals surface area contributed by atoms with Crippen molar-refractivity contribution in [3.63, 3.8) is 0 Å². The van der Waals surface area contributed by atoms with E-state index in [0.717, 1.165) is 11.1 Å². The van der Waals surface area contributed by atoms with Crippen LogP contribution in [0, 0.1) is 25.7 Å². The van der Waals surface area contributed by atoms with Crippen LogP contribution in [-0.4, -0.2) is 77.2 Å². The lowest BCUT2D eigenvalue weighted by Gasteiger charge is -2.39. The first kappa shape index (κ1) is 32.2. The number of fused-ring (bicyclic) bond motifs is 2. The summed E-state index contributed by atoms with van der Waals surface area (Å²) in [6, 6.07) is 12.8. The van der Waals surface area contributed by atoms with Crippen molar-refractivity contribution in [1.29, 1.82) is 0 Å². The number of nitrogens with zero attached hydrogens (tertiary/aromatic N) is 2. The smallest absolute Gasteiger partial charge is 0.313 e. The largest absolute Gasteiger partial charge is 0.460 e. The van der Waals surface area contributed by atoms with Crippen molar-refractivity contribution in [3.8, 4) is 0 Å². The number of anilines is 1. The molecule has 0 aliphatic carbocycles. The number of hydrogen-bond donors (Lipinski definition) is 2. The summed E-state index contributed by atoms with van der Waals surface area (Å²) in [4.78, 5) is 59.3. The van der Waals surface area contributed by atoms with Crippen molar-refractivity contribution in [2.75, 3.05) is 24.6 Å². The summed E-state index contributed by atoms with van der Waals surface area (Å²) >= 11 is 3.58. The van der Waals surface area contributed by atoms with Crippen molar-refractivity contribution >= 4 is 45.3 Å². The van der Waals surface area contributed by atoms with E-state index in [4.69, 9.17) is 9.47 Å². The number of carbonyl (C=O) groups is 4. The number of aliphatic hydroxyl groups is 1. The molecule has 11 heteroatoms. The Hall–Kier alpha value is -3.80. The number of hydrogen-bond acceptors (Lipinski definition) is 7. The quantitative estimate of drug-likeness (QED) is 0.371. The predicted octanol–water partition coefficient (Wildman–Crippen LogP) is 3.64. The van der Waals surface area contributed by atoms with Gasteiger partial charge in [0.15, 0.2) is 0 Å². The molecule has 4 aliphatic heterocycles. The Labute approximate surface area is 276 Å². The zero-order chi connectivity index (χ0) is 32.7. The van der Waals surface area contributed by atoms with Gasteiger partial charge < -0.3 is 29.7 Å². The molecule has 242 valence electrons. The van der Waals surface area contributed by atoms with Crippen molar-refractivity contribution < 1.29 is 33.8 Å². The summed E-state index contributed by atoms with van der Waals surface area (Å²) in [7, 11) is 0. The van der Waals surface area contributed by atoms with Gasteiger partial charge in [-0.15, -0.1) is 0 Å². The van der Waals surface area contributed by atoms with E-state index in [1.165, 1.54) is 4.90 Å². The Bertz CT molecular complexity index is 1610. The number of aryl methyl sites for hydroxylation is 2. The molecule has 2 saturated heterocycles. The Balaban J connectivity index is 1.54. The fourth-order valence-electron chi connectivity index (χ4n) is 7.21. The van der Waals surface area contributed by atoms with Crippen LogP contribution in [0.2, 0.25) is 0 Å². The molecule has 7 atom stereocenters. The molecule has 0 aromatic heterocycles. The third-order valence-corrected chi connectivity index (χ3v) is 10.1. The first-order valence-electron chi connectivity index (χ1n) is 15.6. The molecule has 2 N–H and O–H groups in total. The number of carbonyl (C=O) groups excluding carboxylic acids is 4. The highest BCUT2D eigenvalue weighted by molar-refractivity contribution is 9.11. The Morgan fingerprint density at radius 1 is 1.07 bits per heavy atom. The summed E-state index contributed by atoms with van der Waals surface area (Å²) in [6.07, 6.45) is 4.63. The van der Waals surface area contributed by atoms with E-state index in [0.29, 0.717) is 22.2 Å². The molecule has 5 bridgehead atoms. The van der Waals surface area contributed by atoms with Gasteiger partial charge in [-0.25, -0.2) is 0 Å². The lowest BCUT2D eigenvalue weighted by Crippen LogP contribution is -2.57.